The summed E-state index contributed by atoms with van der Waals surface area (Å²) in [6.07, 6.45) is 8.02. The summed E-state index contributed by atoms with van der Waals surface area (Å²) in [5, 5.41) is 4.67. The van der Waals surface area contributed by atoms with E-state index in [0.717, 1.165) is 12.1 Å². The molecule has 2 aliphatic rings. The first kappa shape index (κ1) is 13.1. The lowest BCUT2D eigenvalue weighted by Crippen LogP contribution is -2.44. The van der Waals surface area contributed by atoms with E-state index in [1.165, 1.54) is 25.7 Å². The number of nitrogens with two attached hydrogens (primary N) is 1. The van der Waals surface area contributed by atoms with Crippen molar-refractivity contribution in [3.8, 4) is 0 Å². The molecule has 5 nitrogen and oxygen atoms in total. The molecule has 5 heteroatoms. The lowest BCUT2D eigenvalue weighted by molar-refractivity contribution is -0.0968. The quantitative estimate of drug-likeness (QED) is 0.891. The zero-order chi connectivity index (χ0) is 13.1. The van der Waals surface area contributed by atoms with Gasteiger partial charge in [-0.2, -0.15) is 5.10 Å². The zero-order valence-electron chi connectivity index (χ0n) is 11.3. The van der Waals surface area contributed by atoms with Crippen LogP contribution in [-0.2, 0) is 15.9 Å². The number of hydrogen-bond acceptors (Lipinski definition) is 4. The van der Waals surface area contributed by atoms with Gasteiger partial charge < -0.3 is 15.2 Å². The van der Waals surface area contributed by atoms with Gasteiger partial charge in [-0.15, -0.1) is 0 Å². The topological polar surface area (TPSA) is 62.3 Å². The van der Waals surface area contributed by atoms with E-state index in [2.05, 4.69) is 22.0 Å². The monoisotopic (exact) mass is 265 g/mol. The maximum atomic E-state index is 6.19. The van der Waals surface area contributed by atoms with E-state index < -0.39 is 0 Å². The molecule has 1 saturated carbocycles. The van der Waals surface area contributed by atoms with Crippen LogP contribution in [0.25, 0.3) is 0 Å². The molecule has 2 unspecified atom stereocenters. The summed E-state index contributed by atoms with van der Waals surface area (Å²) in [6.45, 7) is 1.93. The van der Waals surface area contributed by atoms with Crippen LogP contribution in [0.3, 0.4) is 0 Å². The highest BCUT2D eigenvalue weighted by atomic mass is 16.6. The van der Waals surface area contributed by atoms with Crippen LogP contribution in [0.4, 0.5) is 0 Å². The van der Waals surface area contributed by atoms with Gasteiger partial charge in [-0.05, 0) is 18.9 Å². The van der Waals surface area contributed by atoms with E-state index in [9.17, 15) is 0 Å². The molecule has 1 aliphatic heterocycles. The van der Waals surface area contributed by atoms with Gasteiger partial charge in [0.15, 0.2) is 0 Å². The van der Waals surface area contributed by atoms with Crippen molar-refractivity contribution in [1.29, 1.82) is 0 Å². The van der Waals surface area contributed by atoms with Gasteiger partial charge in [0.05, 0.1) is 37.7 Å². The van der Waals surface area contributed by atoms with Crippen molar-refractivity contribution in [1.82, 2.24) is 9.78 Å². The molecule has 106 valence electrons. The smallest absolute Gasteiger partial charge is 0.0963 e. The molecule has 2 N–H and O–H groups in total. The summed E-state index contributed by atoms with van der Waals surface area (Å²) in [6, 6.07) is 2.65. The predicted molar refractivity (Wildman–Crippen MR) is 72.0 cm³/mol. The van der Waals surface area contributed by atoms with Gasteiger partial charge in [0.25, 0.3) is 0 Å². The molecule has 1 aromatic rings. The Kier molecular flexibility index (Phi) is 4.15. The molecule has 0 spiro atoms. The average molecular weight is 265 g/mol. The Hall–Kier alpha value is -0.910. The fraction of sp³-hybridized carbons (Fsp3) is 0.786. The van der Waals surface area contributed by atoms with Crippen molar-refractivity contribution >= 4 is 0 Å². The Morgan fingerprint density at radius 2 is 2.21 bits per heavy atom. The van der Waals surface area contributed by atoms with Gasteiger partial charge in [0, 0.05) is 18.7 Å². The van der Waals surface area contributed by atoms with Crippen LogP contribution in [0.2, 0.25) is 0 Å². The SMILES string of the molecule is NC(Cc1ccn(C2CCCC2)n1)C1COCCO1. The van der Waals surface area contributed by atoms with Crippen LogP contribution in [-0.4, -0.2) is 41.7 Å². The van der Waals surface area contributed by atoms with Crippen LogP contribution >= 0.6 is 0 Å². The Labute approximate surface area is 114 Å². The van der Waals surface area contributed by atoms with Crippen molar-refractivity contribution < 1.29 is 9.47 Å². The van der Waals surface area contributed by atoms with Gasteiger partial charge in [-0.3, -0.25) is 4.68 Å². The molecule has 0 aromatic carbocycles. The highest BCUT2D eigenvalue weighted by Crippen LogP contribution is 2.28. The minimum absolute atomic E-state index is 0.00498. The van der Waals surface area contributed by atoms with Crippen LogP contribution in [0.5, 0.6) is 0 Å². The third-order valence-corrected chi connectivity index (χ3v) is 4.13. The average Bonchev–Trinajstić information content (AvgIpc) is 3.10. The van der Waals surface area contributed by atoms with Crippen molar-refractivity contribution in [3.63, 3.8) is 0 Å². The second kappa shape index (κ2) is 6.03. The van der Waals surface area contributed by atoms with Gasteiger partial charge >= 0.3 is 0 Å². The number of hydrogen-bond donors (Lipinski definition) is 1. The fourth-order valence-electron chi connectivity index (χ4n) is 2.98. The summed E-state index contributed by atoms with van der Waals surface area (Å²) in [5.74, 6) is 0. The van der Waals surface area contributed by atoms with E-state index in [0.29, 0.717) is 25.9 Å². The molecule has 0 bridgehead atoms. The second-order valence-corrected chi connectivity index (χ2v) is 5.58. The molecule has 1 aromatic heterocycles. The van der Waals surface area contributed by atoms with Gasteiger partial charge in [0.1, 0.15) is 0 Å². The largest absolute Gasteiger partial charge is 0.376 e. The summed E-state index contributed by atoms with van der Waals surface area (Å²) >= 11 is 0. The van der Waals surface area contributed by atoms with Crippen LogP contribution in [0.1, 0.15) is 37.4 Å². The molecule has 1 saturated heterocycles. The summed E-state index contributed by atoms with van der Waals surface area (Å²) in [4.78, 5) is 0. The maximum Gasteiger partial charge on any atom is 0.0963 e. The molecule has 0 radical (unpaired) electrons. The molecular weight excluding hydrogens is 242 g/mol. The highest BCUT2D eigenvalue weighted by Gasteiger charge is 2.23. The molecule has 3 rings (SSSR count). The van der Waals surface area contributed by atoms with E-state index in [4.69, 9.17) is 15.2 Å². The summed E-state index contributed by atoms with van der Waals surface area (Å²) in [5.41, 5.74) is 7.25. The zero-order valence-corrected chi connectivity index (χ0v) is 11.3. The maximum absolute atomic E-state index is 6.19. The van der Waals surface area contributed by atoms with E-state index in [1.807, 2.05) is 0 Å². The summed E-state index contributed by atoms with van der Waals surface area (Å²) < 4.78 is 13.1. The number of aromatic nitrogens is 2. The van der Waals surface area contributed by atoms with Crippen molar-refractivity contribution in [2.75, 3.05) is 19.8 Å². The first-order chi connectivity index (χ1) is 9.33. The molecule has 0 amide bonds. The standard InChI is InChI=1S/C14H23N3O2/c15-13(14-10-18-7-8-19-14)9-11-5-6-17(16-11)12-3-1-2-4-12/h5-6,12-14H,1-4,7-10,15H2. The minimum atomic E-state index is -0.0350. The predicted octanol–water partition coefficient (Wildman–Crippen LogP) is 1.28. The van der Waals surface area contributed by atoms with E-state index in [1.54, 1.807) is 0 Å². The van der Waals surface area contributed by atoms with E-state index >= 15 is 0 Å². The molecule has 1 aliphatic carbocycles. The highest BCUT2D eigenvalue weighted by molar-refractivity contribution is 5.03. The van der Waals surface area contributed by atoms with Crippen LogP contribution in [0.15, 0.2) is 12.3 Å². The Morgan fingerprint density at radius 1 is 1.37 bits per heavy atom. The number of nitrogens with zero attached hydrogens (tertiary/aromatic N) is 2. The van der Waals surface area contributed by atoms with Gasteiger partial charge in [0.2, 0.25) is 0 Å². The molecule has 2 atom stereocenters. The first-order valence-corrected chi connectivity index (χ1v) is 7.32. The third kappa shape index (κ3) is 3.16. The Morgan fingerprint density at radius 3 is 2.95 bits per heavy atom. The molecule has 2 heterocycles. The van der Waals surface area contributed by atoms with Gasteiger partial charge in [-0.1, -0.05) is 12.8 Å². The van der Waals surface area contributed by atoms with Gasteiger partial charge in [-0.25, -0.2) is 0 Å². The summed E-state index contributed by atoms with van der Waals surface area (Å²) in [7, 11) is 0. The minimum Gasteiger partial charge on any atom is -0.376 e. The second-order valence-electron chi connectivity index (χ2n) is 5.58. The van der Waals surface area contributed by atoms with Crippen molar-refractivity contribution in [2.45, 2.75) is 50.3 Å². The lowest BCUT2D eigenvalue weighted by atomic mass is 10.1. The fourth-order valence-corrected chi connectivity index (χ4v) is 2.98. The van der Waals surface area contributed by atoms with Crippen molar-refractivity contribution in [2.24, 2.45) is 5.73 Å². The van der Waals surface area contributed by atoms with Crippen LogP contribution in [0, 0.1) is 0 Å². The lowest BCUT2D eigenvalue weighted by Gasteiger charge is -2.27. The van der Waals surface area contributed by atoms with Crippen LogP contribution < -0.4 is 5.73 Å². The Bertz CT molecular complexity index is 395. The number of rotatable bonds is 4. The Balaban J connectivity index is 1.56. The van der Waals surface area contributed by atoms with Crippen molar-refractivity contribution in [3.05, 3.63) is 18.0 Å². The third-order valence-electron chi connectivity index (χ3n) is 4.13. The molecular formula is C14H23N3O2. The molecule has 2 fully saturated rings. The first-order valence-electron chi connectivity index (χ1n) is 7.32. The molecule has 19 heavy (non-hydrogen) atoms. The number of ether oxygens (including phenoxy) is 2. The van der Waals surface area contributed by atoms with E-state index in [-0.39, 0.29) is 12.1 Å². The normalized spacial score (nSPS) is 26.7.